The molecular weight excluding hydrogens is 232 g/mol. The van der Waals surface area contributed by atoms with Gasteiger partial charge in [-0.1, -0.05) is 12.1 Å². The quantitative estimate of drug-likeness (QED) is 0.606. The number of carbonyl (C=O) groups excluding carboxylic acids is 2. The number of rotatable bonds is 3. The van der Waals surface area contributed by atoms with Crippen molar-refractivity contribution in [3.63, 3.8) is 0 Å². The molecule has 0 heterocycles. The number of fused-ring (bicyclic) bond motifs is 1. The number of hydrogen-bond donors (Lipinski definition) is 0. The number of benzene rings is 1. The van der Waals surface area contributed by atoms with Crippen LogP contribution < -0.4 is 4.74 Å². The molecule has 0 radical (unpaired) electrons. The third-order valence-corrected chi connectivity index (χ3v) is 2.96. The highest BCUT2D eigenvalue weighted by Gasteiger charge is 2.39. The highest BCUT2D eigenvalue weighted by atomic mass is 16.5. The van der Waals surface area contributed by atoms with E-state index < -0.39 is 11.9 Å². The highest BCUT2D eigenvalue weighted by Crippen LogP contribution is 2.34. The van der Waals surface area contributed by atoms with Crippen LogP contribution in [0.3, 0.4) is 0 Å². The average Bonchev–Trinajstić information content (AvgIpc) is 2.66. The number of ether oxygens (including phenoxy) is 2. The molecule has 1 atom stereocenters. The Kier molecular flexibility index (Phi) is 3.36. The van der Waals surface area contributed by atoms with E-state index in [2.05, 4.69) is 0 Å². The molecule has 1 aliphatic carbocycles. The molecule has 0 aromatic heterocycles. The van der Waals surface area contributed by atoms with Gasteiger partial charge in [0.25, 0.3) is 0 Å². The van der Waals surface area contributed by atoms with Crippen LogP contribution in [0.1, 0.15) is 29.8 Å². The minimum Gasteiger partial charge on any atom is -0.496 e. The van der Waals surface area contributed by atoms with Crippen LogP contribution in [0.25, 0.3) is 0 Å². The van der Waals surface area contributed by atoms with Gasteiger partial charge in [0.05, 0.1) is 18.8 Å². The zero-order chi connectivity index (χ0) is 13.3. The first-order valence-electron chi connectivity index (χ1n) is 5.95. The third kappa shape index (κ3) is 2.10. The molecule has 1 aliphatic rings. The molecule has 1 aromatic carbocycles. The van der Waals surface area contributed by atoms with Crippen LogP contribution in [0, 0.1) is 5.92 Å². The largest absolute Gasteiger partial charge is 0.496 e. The van der Waals surface area contributed by atoms with Crippen LogP contribution in [0.2, 0.25) is 0 Å². The molecule has 4 nitrogen and oxygen atoms in total. The molecule has 2 rings (SSSR count). The smallest absolute Gasteiger partial charge is 0.317 e. The van der Waals surface area contributed by atoms with Crippen molar-refractivity contribution in [2.45, 2.75) is 26.4 Å². The summed E-state index contributed by atoms with van der Waals surface area (Å²) in [6.45, 7) is 3.54. The molecule has 96 valence electrons. The lowest BCUT2D eigenvalue weighted by atomic mass is 10.1. The van der Waals surface area contributed by atoms with Crippen LogP contribution >= 0.6 is 0 Å². The summed E-state index contributed by atoms with van der Waals surface area (Å²) in [4.78, 5) is 24.1. The number of ketones is 1. The van der Waals surface area contributed by atoms with Crippen LogP contribution in [0.5, 0.6) is 5.75 Å². The SMILES string of the molecule is COc1cccc2c1C(=O)C(C(=O)OC(C)C)C2. The standard InChI is InChI=1S/C14H16O4/c1-8(2)18-14(16)10-7-9-5-4-6-11(17-3)12(9)13(10)15/h4-6,8,10H,7H2,1-3H3. The summed E-state index contributed by atoms with van der Waals surface area (Å²) < 4.78 is 10.3. The van der Waals surface area contributed by atoms with E-state index >= 15 is 0 Å². The first kappa shape index (κ1) is 12.6. The van der Waals surface area contributed by atoms with E-state index in [-0.39, 0.29) is 11.9 Å². The molecule has 0 spiro atoms. The predicted molar refractivity (Wildman–Crippen MR) is 65.7 cm³/mol. The Morgan fingerprint density at radius 2 is 2.11 bits per heavy atom. The Balaban J connectivity index is 2.28. The molecule has 0 aliphatic heterocycles. The monoisotopic (exact) mass is 248 g/mol. The number of hydrogen-bond acceptors (Lipinski definition) is 4. The van der Waals surface area contributed by atoms with E-state index in [4.69, 9.17) is 9.47 Å². The Morgan fingerprint density at radius 1 is 1.39 bits per heavy atom. The zero-order valence-electron chi connectivity index (χ0n) is 10.7. The lowest BCUT2D eigenvalue weighted by Gasteiger charge is -2.11. The van der Waals surface area contributed by atoms with Gasteiger partial charge in [0.1, 0.15) is 11.7 Å². The lowest BCUT2D eigenvalue weighted by molar-refractivity contribution is -0.150. The van der Waals surface area contributed by atoms with Gasteiger partial charge in [0, 0.05) is 0 Å². The van der Waals surface area contributed by atoms with Gasteiger partial charge in [0.2, 0.25) is 0 Å². The van der Waals surface area contributed by atoms with Gasteiger partial charge in [-0.05, 0) is 31.9 Å². The van der Waals surface area contributed by atoms with E-state index in [1.54, 1.807) is 19.9 Å². The molecule has 1 unspecified atom stereocenters. The van der Waals surface area contributed by atoms with Crippen LogP contribution in [-0.2, 0) is 16.0 Å². The molecule has 0 bridgehead atoms. The summed E-state index contributed by atoms with van der Waals surface area (Å²) in [7, 11) is 1.52. The van der Waals surface area contributed by atoms with Gasteiger partial charge in [0.15, 0.2) is 5.78 Å². The fourth-order valence-electron chi connectivity index (χ4n) is 2.19. The van der Waals surface area contributed by atoms with Crippen LogP contribution in [0.4, 0.5) is 0 Å². The van der Waals surface area contributed by atoms with Gasteiger partial charge in [-0.3, -0.25) is 9.59 Å². The first-order chi connectivity index (χ1) is 8.54. The molecule has 0 fully saturated rings. The van der Waals surface area contributed by atoms with E-state index in [1.807, 2.05) is 12.1 Å². The van der Waals surface area contributed by atoms with Crippen molar-refractivity contribution in [2.75, 3.05) is 7.11 Å². The van der Waals surface area contributed by atoms with Crippen LogP contribution in [0.15, 0.2) is 18.2 Å². The number of methoxy groups -OCH3 is 1. The van der Waals surface area contributed by atoms with Crippen molar-refractivity contribution in [1.29, 1.82) is 0 Å². The maximum atomic E-state index is 12.2. The number of carbonyl (C=O) groups is 2. The molecule has 0 saturated carbocycles. The Morgan fingerprint density at radius 3 is 2.72 bits per heavy atom. The molecule has 18 heavy (non-hydrogen) atoms. The maximum Gasteiger partial charge on any atom is 0.317 e. The van der Waals surface area contributed by atoms with Crippen molar-refractivity contribution in [3.8, 4) is 5.75 Å². The summed E-state index contributed by atoms with van der Waals surface area (Å²) in [5.74, 6) is -0.850. The second-order valence-electron chi connectivity index (χ2n) is 4.60. The Bertz CT molecular complexity index is 491. The van der Waals surface area contributed by atoms with Crippen molar-refractivity contribution in [3.05, 3.63) is 29.3 Å². The van der Waals surface area contributed by atoms with Crippen molar-refractivity contribution in [1.82, 2.24) is 0 Å². The second kappa shape index (κ2) is 4.80. The first-order valence-corrected chi connectivity index (χ1v) is 5.95. The summed E-state index contributed by atoms with van der Waals surface area (Å²) in [6, 6.07) is 5.40. The molecule has 4 heteroatoms. The lowest BCUT2D eigenvalue weighted by Crippen LogP contribution is -2.25. The van der Waals surface area contributed by atoms with Crippen molar-refractivity contribution < 1.29 is 19.1 Å². The second-order valence-corrected chi connectivity index (χ2v) is 4.60. The molecule has 1 aromatic rings. The summed E-state index contributed by atoms with van der Waals surface area (Å²) in [6.07, 6.45) is 0.188. The summed E-state index contributed by atoms with van der Waals surface area (Å²) >= 11 is 0. The van der Waals surface area contributed by atoms with Crippen molar-refractivity contribution in [2.24, 2.45) is 5.92 Å². The fourth-order valence-corrected chi connectivity index (χ4v) is 2.19. The highest BCUT2D eigenvalue weighted by molar-refractivity contribution is 6.13. The molecule has 0 amide bonds. The average molecular weight is 248 g/mol. The van der Waals surface area contributed by atoms with Gasteiger partial charge in [-0.15, -0.1) is 0 Å². The summed E-state index contributed by atoms with van der Waals surface area (Å²) in [5.41, 5.74) is 1.37. The van der Waals surface area contributed by atoms with Crippen LogP contribution in [-0.4, -0.2) is 25.0 Å². The molecule has 0 N–H and O–H groups in total. The van der Waals surface area contributed by atoms with Gasteiger partial charge >= 0.3 is 5.97 Å². The Hall–Kier alpha value is -1.84. The van der Waals surface area contributed by atoms with E-state index in [1.165, 1.54) is 7.11 Å². The predicted octanol–water partition coefficient (Wildman–Crippen LogP) is 2.00. The van der Waals surface area contributed by atoms with Crippen molar-refractivity contribution >= 4 is 11.8 Å². The van der Waals surface area contributed by atoms with E-state index in [9.17, 15) is 9.59 Å². The molecule has 0 saturated heterocycles. The number of Topliss-reactive ketones (excluding diaryl/α,β-unsaturated/α-hetero) is 1. The van der Waals surface area contributed by atoms with Gasteiger partial charge < -0.3 is 9.47 Å². The topological polar surface area (TPSA) is 52.6 Å². The van der Waals surface area contributed by atoms with E-state index in [0.717, 1.165) is 5.56 Å². The molecular formula is C14H16O4. The zero-order valence-corrected chi connectivity index (χ0v) is 10.7. The maximum absolute atomic E-state index is 12.2. The van der Waals surface area contributed by atoms with Gasteiger partial charge in [-0.2, -0.15) is 0 Å². The Labute approximate surface area is 106 Å². The minimum atomic E-state index is -0.723. The minimum absolute atomic E-state index is 0.201. The normalized spacial score (nSPS) is 17.8. The third-order valence-electron chi connectivity index (χ3n) is 2.96. The van der Waals surface area contributed by atoms with Gasteiger partial charge in [-0.25, -0.2) is 0 Å². The number of esters is 1. The fraction of sp³-hybridized carbons (Fsp3) is 0.429. The van der Waals surface area contributed by atoms with E-state index in [0.29, 0.717) is 17.7 Å². The summed E-state index contributed by atoms with van der Waals surface area (Å²) in [5, 5.41) is 0.